The summed E-state index contributed by atoms with van der Waals surface area (Å²) in [7, 11) is 4.05. The molecule has 0 saturated carbocycles. The van der Waals surface area contributed by atoms with Crippen molar-refractivity contribution in [2.45, 2.75) is 19.8 Å². The summed E-state index contributed by atoms with van der Waals surface area (Å²) in [5.41, 5.74) is 2.73. The molecular weight excluding hydrogens is 413 g/mol. The van der Waals surface area contributed by atoms with Crippen molar-refractivity contribution in [2.75, 3.05) is 32.1 Å². The molecule has 3 aromatic rings. The molecule has 0 N–H and O–H groups in total. The first-order valence-corrected chi connectivity index (χ1v) is 10.7. The number of aryl methyl sites for hydroxylation is 1. The van der Waals surface area contributed by atoms with Gasteiger partial charge in [-0.15, -0.1) is 0 Å². The van der Waals surface area contributed by atoms with E-state index in [-0.39, 0.29) is 12.3 Å². The summed E-state index contributed by atoms with van der Waals surface area (Å²) in [4.78, 5) is 21.8. The highest BCUT2D eigenvalue weighted by Gasteiger charge is 2.22. The molecule has 28 heavy (non-hydrogen) atoms. The molecule has 2 aromatic carbocycles. The van der Waals surface area contributed by atoms with Gasteiger partial charge in [-0.3, -0.25) is 9.69 Å². The molecule has 3 rings (SSSR count). The zero-order valence-corrected chi connectivity index (χ0v) is 18.5. The molecule has 0 fully saturated rings. The Morgan fingerprint density at radius 2 is 1.82 bits per heavy atom. The van der Waals surface area contributed by atoms with Crippen LogP contribution in [0.5, 0.6) is 0 Å². The third kappa shape index (κ3) is 4.84. The molecule has 0 aliphatic heterocycles. The van der Waals surface area contributed by atoms with Crippen LogP contribution in [-0.2, 0) is 11.2 Å². The first-order chi connectivity index (χ1) is 13.4. The van der Waals surface area contributed by atoms with E-state index in [0.717, 1.165) is 34.3 Å². The number of amides is 1. The Morgan fingerprint density at radius 1 is 1.07 bits per heavy atom. The van der Waals surface area contributed by atoms with Crippen LogP contribution in [0.1, 0.15) is 17.5 Å². The van der Waals surface area contributed by atoms with Gasteiger partial charge < -0.3 is 4.90 Å². The van der Waals surface area contributed by atoms with Crippen molar-refractivity contribution in [3.05, 3.63) is 57.6 Å². The van der Waals surface area contributed by atoms with Crippen molar-refractivity contribution < 1.29 is 4.79 Å². The number of halogens is 2. The number of anilines is 1. The number of aromatic nitrogens is 1. The normalized spacial score (nSPS) is 11.4. The number of carbonyl (C=O) groups is 1. The van der Waals surface area contributed by atoms with Gasteiger partial charge in [0.25, 0.3) is 0 Å². The first kappa shape index (κ1) is 21.1. The second kappa shape index (κ2) is 9.23. The lowest BCUT2D eigenvalue weighted by Crippen LogP contribution is -2.34. The molecule has 0 spiro atoms. The monoisotopic (exact) mass is 435 g/mol. The van der Waals surface area contributed by atoms with Gasteiger partial charge in [0, 0.05) is 11.6 Å². The van der Waals surface area contributed by atoms with E-state index in [0.29, 0.717) is 21.7 Å². The van der Waals surface area contributed by atoms with E-state index in [9.17, 15) is 4.79 Å². The number of nitrogens with zero attached hydrogens (tertiary/aromatic N) is 3. The fourth-order valence-electron chi connectivity index (χ4n) is 2.98. The highest BCUT2D eigenvalue weighted by Crippen LogP contribution is 2.36. The number of fused-ring (bicyclic) bond motifs is 1. The first-order valence-electron chi connectivity index (χ1n) is 9.11. The lowest BCUT2D eigenvalue weighted by Gasteiger charge is -2.21. The smallest absolute Gasteiger partial charge is 0.233 e. The Morgan fingerprint density at radius 3 is 2.50 bits per heavy atom. The van der Waals surface area contributed by atoms with Crippen LogP contribution in [0, 0.1) is 6.92 Å². The molecule has 0 saturated heterocycles. The Bertz CT molecular complexity index is 948. The Kier molecular flexibility index (Phi) is 6.94. The lowest BCUT2D eigenvalue weighted by atomic mass is 10.1. The Hall–Kier alpha value is -1.66. The maximum atomic E-state index is 13.2. The zero-order chi connectivity index (χ0) is 20.3. The van der Waals surface area contributed by atoms with Crippen LogP contribution < -0.4 is 4.90 Å². The summed E-state index contributed by atoms with van der Waals surface area (Å²) in [6, 6.07) is 11.3. The van der Waals surface area contributed by atoms with Gasteiger partial charge >= 0.3 is 0 Å². The van der Waals surface area contributed by atoms with Crippen LogP contribution in [0.15, 0.2) is 36.4 Å². The number of rotatable bonds is 7. The highest BCUT2D eigenvalue weighted by molar-refractivity contribution is 7.23. The average Bonchev–Trinajstić information content (AvgIpc) is 3.10. The second-order valence-electron chi connectivity index (χ2n) is 7.01. The molecule has 148 valence electrons. The van der Waals surface area contributed by atoms with Gasteiger partial charge in [0.05, 0.1) is 21.7 Å². The zero-order valence-electron chi connectivity index (χ0n) is 16.2. The summed E-state index contributed by atoms with van der Waals surface area (Å²) < 4.78 is 0.916. The van der Waals surface area contributed by atoms with E-state index in [2.05, 4.69) is 4.90 Å². The Labute approximate surface area is 179 Å². The van der Waals surface area contributed by atoms with Crippen LogP contribution in [0.3, 0.4) is 0 Å². The van der Waals surface area contributed by atoms with Crippen molar-refractivity contribution in [1.29, 1.82) is 0 Å². The number of hydrogen-bond acceptors (Lipinski definition) is 4. The Balaban J connectivity index is 1.92. The van der Waals surface area contributed by atoms with Gasteiger partial charge in [-0.2, -0.15) is 0 Å². The fourth-order valence-corrected chi connectivity index (χ4v) is 4.54. The van der Waals surface area contributed by atoms with E-state index in [4.69, 9.17) is 28.2 Å². The third-order valence-corrected chi connectivity index (χ3v) is 6.41. The molecule has 4 nitrogen and oxygen atoms in total. The van der Waals surface area contributed by atoms with E-state index >= 15 is 0 Å². The van der Waals surface area contributed by atoms with Gasteiger partial charge in [0.1, 0.15) is 0 Å². The average molecular weight is 436 g/mol. The largest absolute Gasteiger partial charge is 0.309 e. The molecule has 1 heterocycles. The summed E-state index contributed by atoms with van der Waals surface area (Å²) in [5.74, 6) is -0.0142. The van der Waals surface area contributed by atoms with Gasteiger partial charge in [0.15, 0.2) is 5.13 Å². The quantitative estimate of drug-likeness (QED) is 0.495. The lowest BCUT2D eigenvalue weighted by molar-refractivity contribution is -0.118. The van der Waals surface area contributed by atoms with Crippen LogP contribution in [-0.4, -0.2) is 43.0 Å². The number of thiazole rings is 1. The van der Waals surface area contributed by atoms with Crippen LogP contribution in [0.4, 0.5) is 5.13 Å². The summed E-state index contributed by atoms with van der Waals surface area (Å²) in [6.07, 6.45) is 1.09. The topological polar surface area (TPSA) is 36.4 Å². The minimum absolute atomic E-state index is 0.0142. The molecule has 1 amide bonds. The van der Waals surface area contributed by atoms with E-state index in [1.54, 1.807) is 11.0 Å². The minimum atomic E-state index is -0.0142. The van der Waals surface area contributed by atoms with Crippen molar-refractivity contribution >= 4 is 55.8 Å². The SMILES string of the molecule is Cc1ccc(Cl)c2sc(N(CCCN(C)C)C(=O)Cc3ccccc3Cl)nc12. The second-order valence-corrected chi connectivity index (χ2v) is 8.80. The maximum absolute atomic E-state index is 13.2. The van der Waals surface area contributed by atoms with Gasteiger partial charge in [-0.25, -0.2) is 4.98 Å². The molecule has 1 aromatic heterocycles. The van der Waals surface area contributed by atoms with Crippen molar-refractivity contribution in [2.24, 2.45) is 0 Å². The van der Waals surface area contributed by atoms with Gasteiger partial charge in [0.2, 0.25) is 5.91 Å². The summed E-state index contributed by atoms with van der Waals surface area (Å²) in [6.45, 7) is 3.49. The highest BCUT2D eigenvalue weighted by atomic mass is 35.5. The predicted octanol–water partition coefficient (Wildman–Crippen LogP) is 5.44. The molecule has 0 aliphatic rings. The predicted molar refractivity (Wildman–Crippen MR) is 120 cm³/mol. The van der Waals surface area contributed by atoms with Crippen molar-refractivity contribution in [1.82, 2.24) is 9.88 Å². The van der Waals surface area contributed by atoms with Crippen molar-refractivity contribution in [3.63, 3.8) is 0 Å². The molecule has 0 atom stereocenters. The molecule has 0 aliphatic carbocycles. The maximum Gasteiger partial charge on any atom is 0.233 e. The number of hydrogen-bond donors (Lipinski definition) is 0. The molecular formula is C21H23Cl2N3OS. The van der Waals surface area contributed by atoms with Crippen LogP contribution in [0.2, 0.25) is 10.0 Å². The van der Waals surface area contributed by atoms with Crippen molar-refractivity contribution in [3.8, 4) is 0 Å². The minimum Gasteiger partial charge on any atom is -0.309 e. The third-order valence-electron chi connectivity index (χ3n) is 4.50. The molecule has 7 heteroatoms. The fraction of sp³-hybridized carbons (Fsp3) is 0.333. The molecule has 0 unspecified atom stereocenters. The van der Waals surface area contributed by atoms with E-state index in [1.165, 1.54) is 11.3 Å². The summed E-state index contributed by atoms with van der Waals surface area (Å²) >= 11 is 14.1. The van der Waals surface area contributed by atoms with E-state index < -0.39 is 0 Å². The number of benzene rings is 2. The molecule has 0 bridgehead atoms. The summed E-state index contributed by atoms with van der Waals surface area (Å²) in [5, 5.41) is 1.95. The molecule has 0 radical (unpaired) electrons. The van der Waals surface area contributed by atoms with E-state index in [1.807, 2.05) is 51.4 Å². The van der Waals surface area contributed by atoms with Gasteiger partial charge in [-0.05, 0) is 57.2 Å². The van der Waals surface area contributed by atoms with Crippen LogP contribution >= 0.6 is 34.5 Å². The van der Waals surface area contributed by atoms with Gasteiger partial charge in [-0.1, -0.05) is 58.8 Å². The number of carbonyl (C=O) groups excluding carboxylic acids is 1. The standard InChI is InChI=1S/C21H23Cl2N3OS/c1-14-9-10-17(23)20-19(14)24-21(28-20)26(12-6-11-25(2)3)18(27)13-15-7-4-5-8-16(15)22/h4-5,7-10H,6,11-13H2,1-3H3. The van der Waals surface area contributed by atoms with Crippen LogP contribution in [0.25, 0.3) is 10.2 Å².